The lowest BCUT2D eigenvalue weighted by Crippen LogP contribution is -2.55. The van der Waals surface area contributed by atoms with Crippen LogP contribution in [0.4, 0.5) is 0 Å². The van der Waals surface area contributed by atoms with Crippen LogP contribution >= 0.6 is 0 Å². The number of hydrogen-bond donors (Lipinski definition) is 2. The van der Waals surface area contributed by atoms with Gasteiger partial charge in [0.2, 0.25) is 0 Å². The largest absolute Gasteiger partial charge is 0.378 e. The molecule has 0 aromatic heterocycles. The van der Waals surface area contributed by atoms with E-state index >= 15 is 0 Å². The lowest BCUT2D eigenvalue weighted by Gasteiger charge is -2.42. The van der Waals surface area contributed by atoms with Crippen LogP contribution in [-0.2, 0) is 4.74 Å². The van der Waals surface area contributed by atoms with E-state index in [0.29, 0.717) is 23.6 Å². The number of ether oxygens (including phenoxy) is 1. The second kappa shape index (κ2) is 5.68. The van der Waals surface area contributed by atoms with E-state index in [1.807, 2.05) is 0 Å². The first-order valence-corrected chi connectivity index (χ1v) is 7.20. The van der Waals surface area contributed by atoms with Crippen LogP contribution in [0.1, 0.15) is 46.5 Å². The van der Waals surface area contributed by atoms with Crippen molar-refractivity contribution in [3.05, 3.63) is 0 Å². The van der Waals surface area contributed by atoms with E-state index in [1.54, 1.807) is 0 Å². The molecule has 100 valence electrons. The van der Waals surface area contributed by atoms with Gasteiger partial charge in [-0.3, -0.25) is 0 Å². The summed E-state index contributed by atoms with van der Waals surface area (Å²) in [6.07, 6.45) is 5.57. The van der Waals surface area contributed by atoms with Crippen molar-refractivity contribution in [2.24, 2.45) is 5.41 Å². The Morgan fingerprint density at radius 1 is 1.35 bits per heavy atom. The molecule has 2 aliphatic rings. The van der Waals surface area contributed by atoms with Crippen LogP contribution in [0.2, 0.25) is 0 Å². The van der Waals surface area contributed by atoms with Gasteiger partial charge in [0, 0.05) is 25.2 Å². The Balaban J connectivity index is 1.65. The van der Waals surface area contributed by atoms with Gasteiger partial charge >= 0.3 is 0 Å². The maximum absolute atomic E-state index is 5.59. The Bertz CT molecular complexity index is 236. The summed E-state index contributed by atoms with van der Waals surface area (Å²) >= 11 is 0. The summed E-state index contributed by atoms with van der Waals surface area (Å²) in [7, 11) is 0. The van der Waals surface area contributed by atoms with E-state index in [-0.39, 0.29) is 0 Å². The standard InChI is InChI=1S/C14H28N2O/c1-4-17-12-8-11(9-12)16-10-13-14(2,3)6-5-7-15-13/h11-13,15-16H,4-10H2,1-3H3. The Morgan fingerprint density at radius 3 is 2.76 bits per heavy atom. The molecule has 0 aromatic rings. The zero-order chi connectivity index (χ0) is 12.3. The fourth-order valence-corrected chi connectivity index (χ4v) is 3.01. The van der Waals surface area contributed by atoms with Crippen molar-refractivity contribution in [2.45, 2.75) is 64.6 Å². The lowest BCUT2D eigenvalue weighted by atomic mass is 9.77. The van der Waals surface area contributed by atoms with Crippen molar-refractivity contribution in [3.8, 4) is 0 Å². The molecule has 1 saturated carbocycles. The summed E-state index contributed by atoms with van der Waals surface area (Å²) in [4.78, 5) is 0. The van der Waals surface area contributed by atoms with Gasteiger partial charge in [-0.25, -0.2) is 0 Å². The molecule has 2 rings (SSSR count). The molecule has 1 aliphatic heterocycles. The predicted octanol–water partition coefficient (Wildman–Crippen LogP) is 1.92. The normalized spacial score (nSPS) is 36.5. The number of nitrogens with one attached hydrogen (secondary N) is 2. The van der Waals surface area contributed by atoms with Crippen molar-refractivity contribution < 1.29 is 4.74 Å². The summed E-state index contributed by atoms with van der Waals surface area (Å²) in [6.45, 7) is 9.99. The lowest BCUT2D eigenvalue weighted by molar-refractivity contribution is -0.0114. The van der Waals surface area contributed by atoms with Crippen molar-refractivity contribution >= 4 is 0 Å². The van der Waals surface area contributed by atoms with E-state index < -0.39 is 0 Å². The van der Waals surface area contributed by atoms with Crippen molar-refractivity contribution in [2.75, 3.05) is 19.7 Å². The van der Waals surface area contributed by atoms with Gasteiger partial charge in [-0.15, -0.1) is 0 Å². The van der Waals surface area contributed by atoms with Crippen LogP contribution in [0, 0.1) is 5.41 Å². The van der Waals surface area contributed by atoms with Gasteiger partial charge in [-0.1, -0.05) is 13.8 Å². The third-order valence-corrected chi connectivity index (χ3v) is 4.44. The minimum absolute atomic E-state index is 0.439. The number of rotatable bonds is 5. The van der Waals surface area contributed by atoms with Crippen LogP contribution in [-0.4, -0.2) is 37.9 Å². The first-order chi connectivity index (χ1) is 8.12. The highest BCUT2D eigenvalue weighted by molar-refractivity contribution is 4.93. The minimum atomic E-state index is 0.439. The van der Waals surface area contributed by atoms with Gasteiger partial charge in [0.15, 0.2) is 0 Å². The van der Waals surface area contributed by atoms with Gasteiger partial charge in [0.25, 0.3) is 0 Å². The first-order valence-electron chi connectivity index (χ1n) is 7.20. The van der Waals surface area contributed by atoms with E-state index in [0.717, 1.165) is 13.2 Å². The fraction of sp³-hybridized carbons (Fsp3) is 1.00. The second-order valence-corrected chi connectivity index (χ2v) is 6.25. The maximum Gasteiger partial charge on any atom is 0.0604 e. The monoisotopic (exact) mass is 240 g/mol. The number of piperidine rings is 1. The van der Waals surface area contributed by atoms with E-state index in [1.165, 1.54) is 32.2 Å². The smallest absolute Gasteiger partial charge is 0.0604 e. The highest BCUT2D eigenvalue weighted by Gasteiger charge is 2.34. The van der Waals surface area contributed by atoms with E-state index in [9.17, 15) is 0 Å². The minimum Gasteiger partial charge on any atom is -0.378 e. The third-order valence-electron chi connectivity index (χ3n) is 4.44. The second-order valence-electron chi connectivity index (χ2n) is 6.25. The van der Waals surface area contributed by atoms with Gasteiger partial charge in [-0.2, -0.15) is 0 Å². The number of hydrogen-bond acceptors (Lipinski definition) is 3. The molecule has 17 heavy (non-hydrogen) atoms. The van der Waals surface area contributed by atoms with Crippen LogP contribution in [0.15, 0.2) is 0 Å². The summed E-state index contributed by atoms with van der Waals surface area (Å²) in [5.74, 6) is 0. The van der Waals surface area contributed by atoms with Crippen molar-refractivity contribution in [3.63, 3.8) is 0 Å². The average Bonchev–Trinajstić information content (AvgIpc) is 2.22. The Morgan fingerprint density at radius 2 is 2.12 bits per heavy atom. The van der Waals surface area contributed by atoms with Gasteiger partial charge in [0.05, 0.1) is 6.10 Å². The predicted molar refractivity (Wildman–Crippen MR) is 71.2 cm³/mol. The maximum atomic E-state index is 5.59. The van der Waals surface area contributed by atoms with Crippen LogP contribution in [0.5, 0.6) is 0 Å². The summed E-state index contributed by atoms with van der Waals surface area (Å²) in [5.41, 5.74) is 0.439. The topological polar surface area (TPSA) is 33.3 Å². The van der Waals surface area contributed by atoms with Gasteiger partial charge in [-0.05, 0) is 44.6 Å². The van der Waals surface area contributed by atoms with Crippen LogP contribution in [0.3, 0.4) is 0 Å². The zero-order valence-corrected chi connectivity index (χ0v) is 11.6. The van der Waals surface area contributed by atoms with Crippen LogP contribution < -0.4 is 10.6 Å². The fourth-order valence-electron chi connectivity index (χ4n) is 3.01. The highest BCUT2D eigenvalue weighted by Crippen LogP contribution is 2.30. The molecule has 0 spiro atoms. The van der Waals surface area contributed by atoms with Crippen molar-refractivity contribution in [1.29, 1.82) is 0 Å². The molecule has 1 saturated heterocycles. The molecular formula is C14H28N2O. The average molecular weight is 240 g/mol. The third kappa shape index (κ3) is 3.43. The Labute approximate surface area is 106 Å². The Hall–Kier alpha value is -0.120. The molecule has 1 atom stereocenters. The SMILES string of the molecule is CCOC1CC(NCC2NCCCC2(C)C)C1. The molecule has 1 heterocycles. The molecule has 3 heteroatoms. The van der Waals surface area contributed by atoms with Gasteiger partial charge in [0.1, 0.15) is 0 Å². The molecule has 1 unspecified atom stereocenters. The quantitative estimate of drug-likeness (QED) is 0.770. The molecular weight excluding hydrogens is 212 g/mol. The first kappa shape index (κ1) is 13.3. The van der Waals surface area contributed by atoms with E-state index in [4.69, 9.17) is 4.74 Å². The molecule has 1 aliphatic carbocycles. The molecule has 3 nitrogen and oxygen atoms in total. The highest BCUT2D eigenvalue weighted by atomic mass is 16.5. The molecule has 0 bridgehead atoms. The molecule has 0 aromatic carbocycles. The summed E-state index contributed by atoms with van der Waals surface area (Å²) in [6, 6.07) is 1.31. The molecule has 2 N–H and O–H groups in total. The summed E-state index contributed by atoms with van der Waals surface area (Å²) in [5, 5.41) is 7.35. The molecule has 0 amide bonds. The molecule has 2 fully saturated rings. The molecule has 0 radical (unpaired) electrons. The van der Waals surface area contributed by atoms with E-state index in [2.05, 4.69) is 31.4 Å². The zero-order valence-electron chi connectivity index (χ0n) is 11.6. The van der Waals surface area contributed by atoms with Crippen LogP contribution in [0.25, 0.3) is 0 Å². The van der Waals surface area contributed by atoms with Gasteiger partial charge < -0.3 is 15.4 Å². The van der Waals surface area contributed by atoms with Crippen molar-refractivity contribution in [1.82, 2.24) is 10.6 Å². The Kier molecular flexibility index (Phi) is 4.45. The summed E-state index contributed by atoms with van der Waals surface area (Å²) < 4.78 is 5.59.